The maximum atomic E-state index is 12.0. The van der Waals surface area contributed by atoms with Crippen LogP contribution in [0.15, 0.2) is 35.0 Å². The summed E-state index contributed by atoms with van der Waals surface area (Å²) >= 11 is 3.34. The van der Waals surface area contributed by atoms with Gasteiger partial charge in [-0.1, -0.05) is 12.1 Å². The molecular formula is C13H16N2OS2. The highest BCUT2D eigenvalue weighted by molar-refractivity contribution is 7.10. The minimum atomic E-state index is -0.000648. The molecule has 5 heteroatoms. The first-order valence-electron chi connectivity index (χ1n) is 5.87. The van der Waals surface area contributed by atoms with Crippen molar-refractivity contribution in [3.05, 3.63) is 44.8 Å². The zero-order valence-corrected chi connectivity index (χ0v) is 11.9. The van der Waals surface area contributed by atoms with Crippen LogP contribution in [0.3, 0.4) is 0 Å². The van der Waals surface area contributed by atoms with E-state index < -0.39 is 0 Å². The molecule has 3 nitrogen and oxygen atoms in total. The summed E-state index contributed by atoms with van der Waals surface area (Å²) in [6.45, 7) is 4.01. The molecule has 0 saturated carbocycles. The molecule has 2 aromatic heterocycles. The van der Waals surface area contributed by atoms with E-state index in [-0.39, 0.29) is 6.03 Å². The summed E-state index contributed by atoms with van der Waals surface area (Å²) in [6, 6.07) is 8.09. The molecule has 0 radical (unpaired) electrons. The lowest BCUT2D eigenvalue weighted by molar-refractivity contribution is 0.198. The van der Waals surface area contributed by atoms with E-state index in [9.17, 15) is 4.79 Å². The Balaban J connectivity index is 1.85. The van der Waals surface area contributed by atoms with E-state index in [1.165, 1.54) is 9.75 Å². The van der Waals surface area contributed by atoms with E-state index in [4.69, 9.17) is 0 Å². The van der Waals surface area contributed by atoms with Gasteiger partial charge in [0.25, 0.3) is 0 Å². The maximum Gasteiger partial charge on any atom is 0.318 e. The highest BCUT2D eigenvalue weighted by Gasteiger charge is 2.12. The molecule has 0 spiro atoms. The number of nitrogens with zero attached hydrogens (tertiary/aromatic N) is 1. The van der Waals surface area contributed by atoms with Crippen LogP contribution in [0.4, 0.5) is 4.79 Å². The van der Waals surface area contributed by atoms with E-state index >= 15 is 0 Å². The molecule has 0 unspecified atom stereocenters. The smallest absolute Gasteiger partial charge is 0.318 e. The third kappa shape index (κ3) is 3.58. The van der Waals surface area contributed by atoms with Crippen LogP contribution in [0.1, 0.15) is 16.7 Å². The number of carbonyl (C=O) groups is 1. The average molecular weight is 280 g/mol. The predicted octanol–water partition coefficient (Wildman–Crippen LogP) is 3.54. The van der Waals surface area contributed by atoms with Crippen molar-refractivity contribution in [3.63, 3.8) is 0 Å². The summed E-state index contributed by atoms with van der Waals surface area (Å²) in [7, 11) is 0. The fraction of sp³-hybridized carbons (Fsp3) is 0.308. The molecule has 0 bridgehead atoms. The maximum absolute atomic E-state index is 12.0. The number of nitrogens with one attached hydrogen (secondary N) is 1. The van der Waals surface area contributed by atoms with Gasteiger partial charge < -0.3 is 10.2 Å². The SMILES string of the molecule is CCN(Cc1cccs1)C(=O)NCc1cccs1. The first-order valence-corrected chi connectivity index (χ1v) is 7.63. The summed E-state index contributed by atoms with van der Waals surface area (Å²) in [6.07, 6.45) is 0. The van der Waals surface area contributed by atoms with E-state index in [2.05, 4.69) is 11.4 Å². The number of carbonyl (C=O) groups excluding carboxylic acids is 1. The molecule has 0 fully saturated rings. The van der Waals surface area contributed by atoms with Gasteiger partial charge in [0.15, 0.2) is 0 Å². The van der Waals surface area contributed by atoms with Crippen LogP contribution in [-0.4, -0.2) is 17.5 Å². The molecule has 0 aliphatic rings. The molecule has 2 heterocycles. The van der Waals surface area contributed by atoms with Gasteiger partial charge in [-0.3, -0.25) is 0 Å². The third-order valence-corrected chi connectivity index (χ3v) is 4.33. The fourth-order valence-corrected chi connectivity index (χ4v) is 2.97. The van der Waals surface area contributed by atoms with Crippen molar-refractivity contribution in [2.75, 3.05) is 6.54 Å². The first-order chi connectivity index (χ1) is 8.79. The van der Waals surface area contributed by atoms with Gasteiger partial charge in [0.05, 0.1) is 13.1 Å². The van der Waals surface area contributed by atoms with Crippen LogP contribution in [-0.2, 0) is 13.1 Å². The summed E-state index contributed by atoms with van der Waals surface area (Å²) in [5, 5.41) is 7.00. The van der Waals surface area contributed by atoms with Gasteiger partial charge in [-0.15, -0.1) is 22.7 Å². The van der Waals surface area contributed by atoms with E-state index in [1.54, 1.807) is 22.7 Å². The minimum absolute atomic E-state index is 0.000648. The molecule has 0 aliphatic heterocycles. The van der Waals surface area contributed by atoms with Crippen LogP contribution in [0.25, 0.3) is 0 Å². The van der Waals surface area contributed by atoms with Gasteiger partial charge in [0.1, 0.15) is 0 Å². The number of thiophene rings is 2. The van der Waals surface area contributed by atoms with Crippen LogP contribution < -0.4 is 5.32 Å². The van der Waals surface area contributed by atoms with Crippen LogP contribution >= 0.6 is 22.7 Å². The number of amides is 2. The first kappa shape index (κ1) is 13.1. The van der Waals surface area contributed by atoms with Crippen LogP contribution in [0, 0.1) is 0 Å². The summed E-state index contributed by atoms with van der Waals surface area (Å²) in [5.74, 6) is 0. The fourth-order valence-electron chi connectivity index (χ4n) is 1.61. The topological polar surface area (TPSA) is 32.3 Å². The number of urea groups is 1. The van der Waals surface area contributed by atoms with Crippen LogP contribution in [0.5, 0.6) is 0 Å². The Morgan fingerprint density at radius 2 is 1.89 bits per heavy atom. The molecule has 0 aliphatic carbocycles. The van der Waals surface area contributed by atoms with E-state index in [0.29, 0.717) is 19.6 Å². The Bertz CT molecular complexity index is 465. The van der Waals surface area contributed by atoms with Crippen molar-refractivity contribution in [3.8, 4) is 0 Å². The Morgan fingerprint density at radius 1 is 1.22 bits per heavy atom. The molecule has 96 valence electrons. The Hall–Kier alpha value is -1.33. The summed E-state index contributed by atoms with van der Waals surface area (Å²) in [5.41, 5.74) is 0. The molecule has 0 saturated heterocycles. The summed E-state index contributed by atoms with van der Waals surface area (Å²) < 4.78 is 0. The highest BCUT2D eigenvalue weighted by atomic mass is 32.1. The van der Waals surface area contributed by atoms with Gasteiger partial charge in [0.2, 0.25) is 0 Å². The Labute approximate surface area is 115 Å². The molecule has 0 aromatic carbocycles. The zero-order chi connectivity index (χ0) is 12.8. The van der Waals surface area contributed by atoms with Gasteiger partial charge in [-0.25, -0.2) is 4.79 Å². The normalized spacial score (nSPS) is 10.3. The molecule has 18 heavy (non-hydrogen) atoms. The lowest BCUT2D eigenvalue weighted by Crippen LogP contribution is -2.38. The molecule has 2 rings (SSSR count). The Morgan fingerprint density at radius 3 is 2.44 bits per heavy atom. The molecule has 2 aromatic rings. The second kappa shape index (κ2) is 6.56. The van der Waals surface area contributed by atoms with E-state index in [1.807, 2.05) is 40.8 Å². The van der Waals surface area contributed by atoms with Crippen molar-refractivity contribution in [1.82, 2.24) is 10.2 Å². The standard InChI is InChI=1S/C13H16N2OS2/c1-2-15(10-12-6-4-8-18-12)13(16)14-9-11-5-3-7-17-11/h3-8H,2,9-10H2,1H3,(H,14,16). The minimum Gasteiger partial charge on any atom is -0.333 e. The van der Waals surface area contributed by atoms with Crippen LogP contribution in [0.2, 0.25) is 0 Å². The van der Waals surface area contributed by atoms with Crippen molar-refractivity contribution in [2.24, 2.45) is 0 Å². The largest absolute Gasteiger partial charge is 0.333 e. The van der Waals surface area contributed by atoms with Crippen molar-refractivity contribution < 1.29 is 4.79 Å². The second-order valence-corrected chi connectivity index (χ2v) is 5.90. The second-order valence-electron chi connectivity index (χ2n) is 3.83. The average Bonchev–Trinajstić information content (AvgIpc) is 3.06. The molecule has 0 atom stereocenters. The van der Waals surface area contributed by atoms with Gasteiger partial charge in [-0.2, -0.15) is 0 Å². The monoisotopic (exact) mass is 280 g/mol. The van der Waals surface area contributed by atoms with E-state index in [0.717, 1.165) is 0 Å². The predicted molar refractivity (Wildman–Crippen MR) is 77.0 cm³/mol. The third-order valence-electron chi connectivity index (χ3n) is 2.59. The molecule has 1 N–H and O–H groups in total. The van der Waals surface area contributed by atoms with Crippen molar-refractivity contribution in [1.29, 1.82) is 0 Å². The number of rotatable bonds is 5. The lowest BCUT2D eigenvalue weighted by atomic mass is 10.4. The zero-order valence-electron chi connectivity index (χ0n) is 10.3. The van der Waals surface area contributed by atoms with Gasteiger partial charge in [0, 0.05) is 16.3 Å². The number of hydrogen-bond donors (Lipinski definition) is 1. The van der Waals surface area contributed by atoms with Crippen molar-refractivity contribution in [2.45, 2.75) is 20.0 Å². The molecular weight excluding hydrogens is 264 g/mol. The lowest BCUT2D eigenvalue weighted by Gasteiger charge is -2.20. The molecule has 2 amide bonds. The Kier molecular flexibility index (Phi) is 4.78. The van der Waals surface area contributed by atoms with Gasteiger partial charge in [-0.05, 0) is 29.8 Å². The highest BCUT2D eigenvalue weighted by Crippen LogP contribution is 2.12. The van der Waals surface area contributed by atoms with Gasteiger partial charge >= 0.3 is 6.03 Å². The quantitative estimate of drug-likeness (QED) is 0.892. The van der Waals surface area contributed by atoms with Crippen molar-refractivity contribution >= 4 is 28.7 Å². The number of hydrogen-bond acceptors (Lipinski definition) is 3. The summed E-state index contributed by atoms with van der Waals surface area (Å²) in [4.78, 5) is 16.2.